The molecule has 0 aliphatic rings. The number of para-hydroxylation sites is 1. The molecule has 1 amide bonds. The van der Waals surface area contributed by atoms with E-state index in [9.17, 15) is 13.2 Å². The molecule has 1 heterocycles. The molecule has 2 aromatic carbocycles. The summed E-state index contributed by atoms with van der Waals surface area (Å²) in [6, 6.07) is 15.2. The summed E-state index contributed by atoms with van der Waals surface area (Å²) in [5.41, 5.74) is 2.56. The van der Waals surface area contributed by atoms with Gasteiger partial charge in [-0.3, -0.25) is 9.78 Å². The monoisotopic (exact) mass is 397 g/mol. The summed E-state index contributed by atoms with van der Waals surface area (Å²) in [5, 5.41) is 3.60. The maximum absolute atomic E-state index is 12.8. The molecular formula is C21H23N3O3S. The smallest absolute Gasteiger partial charge is 0.256 e. The van der Waals surface area contributed by atoms with E-state index in [0.717, 1.165) is 16.6 Å². The van der Waals surface area contributed by atoms with Gasteiger partial charge in [0.25, 0.3) is 5.91 Å². The van der Waals surface area contributed by atoms with E-state index in [1.807, 2.05) is 45.0 Å². The summed E-state index contributed by atoms with van der Waals surface area (Å²) in [6.45, 7) is 5.47. The van der Waals surface area contributed by atoms with Crippen LogP contribution in [0, 0.1) is 6.92 Å². The van der Waals surface area contributed by atoms with Gasteiger partial charge in [-0.15, -0.1) is 0 Å². The summed E-state index contributed by atoms with van der Waals surface area (Å²) in [7, 11) is -2.01. The zero-order valence-electron chi connectivity index (χ0n) is 16.3. The predicted molar refractivity (Wildman–Crippen MR) is 111 cm³/mol. The lowest BCUT2D eigenvalue weighted by Crippen LogP contribution is -2.33. The Bertz CT molecular complexity index is 1120. The number of carbonyl (C=O) groups excluding carboxylic acids is 1. The number of pyridine rings is 1. The Morgan fingerprint density at radius 2 is 1.71 bits per heavy atom. The third kappa shape index (κ3) is 3.90. The minimum absolute atomic E-state index is 0.146. The maximum atomic E-state index is 12.8. The highest BCUT2D eigenvalue weighted by Crippen LogP contribution is 2.22. The van der Waals surface area contributed by atoms with Crippen molar-refractivity contribution < 1.29 is 13.2 Å². The van der Waals surface area contributed by atoms with Gasteiger partial charge in [0.1, 0.15) is 0 Å². The van der Waals surface area contributed by atoms with E-state index >= 15 is 0 Å². The van der Waals surface area contributed by atoms with Crippen LogP contribution in [0.15, 0.2) is 59.5 Å². The fourth-order valence-electron chi connectivity index (χ4n) is 2.85. The third-order valence-electron chi connectivity index (χ3n) is 4.61. The molecule has 3 rings (SSSR count). The summed E-state index contributed by atoms with van der Waals surface area (Å²) in [6.07, 6.45) is 0. The first-order valence-corrected chi connectivity index (χ1v) is 10.4. The van der Waals surface area contributed by atoms with Crippen LogP contribution in [-0.4, -0.2) is 36.7 Å². The quantitative estimate of drug-likeness (QED) is 0.710. The molecule has 28 heavy (non-hydrogen) atoms. The van der Waals surface area contributed by atoms with Crippen LogP contribution in [0.1, 0.15) is 29.9 Å². The number of aryl methyl sites for hydroxylation is 1. The highest BCUT2D eigenvalue weighted by Gasteiger charge is 2.23. The molecule has 0 aliphatic carbocycles. The largest absolute Gasteiger partial charge is 0.322 e. The van der Waals surface area contributed by atoms with Gasteiger partial charge in [0.15, 0.2) is 0 Å². The molecule has 7 heteroatoms. The average molecular weight is 398 g/mol. The molecule has 3 aromatic rings. The second-order valence-electron chi connectivity index (χ2n) is 6.92. The van der Waals surface area contributed by atoms with Crippen LogP contribution in [0.25, 0.3) is 10.9 Å². The molecule has 0 saturated carbocycles. The van der Waals surface area contributed by atoms with E-state index in [-0.39, 0.29) is 16.8 Å². The van der Waals surface area contributed by atoms with Crippen LogP contribution < -0.4 is 5.32 Å². The van der Waals surface area contributed by atoms with Gasteiger partial charge in [0, 0.05) is 29.9 Å². The van der Waals surface area contributed by atoms with Crippen molar-refractivity contribution >= 4 is 32.5 Å². The Hall–Kier alpha value is -2.77. The molecule has 0 atom stereocenters. The number of anilines is 1. The lowest BCUT2D eigenvalue weighted by Gasteiger charge is -2.21. The topological polar surface area (TPSA) is 79.4 Å². The Morgan fingerprint density at radius 3 is 2.36 bits per heavy atom. The lowest BCUT2D eigenvalue weighted by molar-refractivity contribution is 0.102. The van der Waals surface area contributed by atoms with Crippen molar-refractivity contribution in [2.45, 2.75) is 31.7 Å². The predicted octanol–water partition coefficient (Wildman–Crippen LogP) is 3.82. The summed E-state index contributed by atoms with van der Waals surface area (Å²) in [5.74, 6) is -0.267. The SMILES string of the molecule is Cc1cc(C(=O)Nc2ccc(S(=O)(=O)N(C)C(C)C)cc2)c2ccccc2n1. The van der Waals surface area contributed by atoms with Gasteiger partial charge in [0.2, 0.25) is 10.0 Å². The minimum atomic E-state index is -3.56. The van der Waals surface area contributed by atoms with Gasteiger partial charge >= 0.3 is 0 Å². The van der Waals surface area contributed by atoms with Gasteiger partial charge in [-0.05, 0) is 57.2 Å². The van der Waals surface area contributed by atoms with Crippen molar-refractivity contribution in [1.29, 1.82) is 0 Å². The van der Waals surface area contributed by atoms with Crippen molar-refractivity contribution in [1.82, 2.24) is 9.29 Å². The van der Waals surface area contributed by atoms with Crippen LogP contribution in [0.5, 0.6) is 0 Å². The zero-order chi connectivity index (χ0) is 20.5. The van der Waals surface area contributed by atoms with E-state index in [1.165, 1.54) is 16.4 Å². The van der Waals surface area contributed by atoms with Crippen LogP contribution in [0.4, 0.5) is 5.69 Å². The van der Waals surface area contributed by atoms with E-state index in [0.29, 0.717) is 11.3 Å². The number of hydrogen-bond acceptors (Lipinski definition) is 4. The molecule has 0 saturated heterocycles. The summed E-state index contributed by atoms with van der Waals surface area (Å²) < 4.78 is 26.4. The zero-order valence-corrected chi connectivity index (χ0v) is 17.1. The number of rotatable bonds is 5. The van der Waals surface area contributed by atoms with E-state index in [2.05, 4.69) is 10.3 Å². The minimum Gasteiger partial charge on any atom is -0.322 e. The van der Waals surface area contributed by atoms with E-state index < -0.39 is 10.0 Å². The number of nitrogens with one attached hydrogen (secondary N) is 1. The number of amides is 1. The number of sulfonamides is 1. The highest BCUT2D eigenvalue weighted by atomic mass is 32.2. The van der Waals surface area contributed by atoms with Gasteiger partial charge < -0.3 is 5.32 Å². The molecule has 0 radical (unpaired) electrons. The molecule has 146 valence electrons. The van der Waals surface area contributed by atoms with Gasteiger partial charge in [-0.25, -0.2) is 8.42 Å². The van der Waals surface area contributed by atoms with Gasteiger partial charge in [-0.2, -0.15) is 4.31 Å². The molecule has 1 aromatic heterocycles. The Morgan fingerprint density at radius 1 is 1.07 bits per heavy atom. The second kappa shape index (κ2) is 7.69. The van der Waals surface area contributed by atoms with Crippen molar-refractivity contribution in [2.24, 2.45) is 0 Å². The van der Waals surface area contributed by atoms with Crippen LogP contribution >= 0.6 is 0 Å². The first kappa shape index (κ1) is 20.0. The van der Waals surface area contributed by atoms with Crippen molar-refractivity contribution in [2.75, 3.05) is 12.4 Å². The fourth-order valence-corrected chi connectivity index (χ4v) is 4.22. The standard InChI is InChI=1S/C21H23N3O3S/c1-14(2)24(4)28(26,27)17-11-9-16(10-12-17)23-21(25)19-13-15(3)22-20-8-6-5-7-18(19)20/h5-14H,1-4H3,(H,23,25). The lowest BCUT2D eigenvalue weighted by atomic mass is 10.1. The molecule has 6 nitrogen and oxygen atoms in total. The number of benzene rings is 2. The molecule has 1 N–H and O–H groups in total. The molecule has 0 bridgehead atoms. The highest BCUT2D eigenvalue weighted by molar-refractivity contribution is 7.89. The summed E-state index contributed by atoms with van der Waals surface area (Å²) in [4.78, 5) is 17.4. The van der Waals surface area contributed by atoms with Crippen LogP contribution in [0.3, 0.4) is 0 Å². The van der Waals surface area contributed by atoms with Gasteiger partial charge in [-0.1, -0.05) is 18.2 Å². The molecule has 0 spiro atoms. The number of fused-ring (bicyclic) bond motifs is 1. The number of aromatic nitrogens is 1. The Balaban J connectivity index is 1.87. The third-order valence-corrected chi connectivity index (χ3v) is 6.65. The van der Waals surface area contributed by atoms with Crippen molar-refractivity contribution in [3.8, 4) is 0 Å². The first-order valence-electron chi connectivity index (χ1n) is 8.96. The molecule has 0 aliphatic heterocycles. The normalized spacial score (nSPS) is 11.9. The van der Waals surface area contributed by atoms with Crippen molar-refractivity contribution in [3.05, 3.63) is 65.9 Å². The number of carbonyl (C=O) groups is 1. The van der Waals surface area contributed by atoms with E-state index in [1.54, 1.807) is 25.2 Å². The molecule has 0 unspecified atom stereocenters. The molecular weight excluding hydrogens is 374 g/mol. The van der Waals surface area contributed by atoms with Gasteiger partial charge in [0.05, 0.1) is 16.0 Å². The van der Waals surface area contributed by atoms with Crippen LogP contribution in [-0.2, 0) is 10.0 Å². The summed E-state index contributed by atoms with van der Waals surface area (Å²) >= 11 is 0. The number of nitrogens with zero attached hydrogens (tertiary/aromatic N) is 2. The van der Waals surface area contributed by atoms with Crippen LogP contribution in [0.2, 0.25) is 0 Å². The maximum Gasteiger partial charge on any atom is 0.256 e. The Kier molecular flexibility index (Phi) is 5.49. The second-order valence-corrected chi connectivity index (χ2v) is 8.92. The fraction of sp³-hybridized carbons (Fsp3) is 0.238. The Labute approximate surface area is 165 Å². The first-order chi connectivity index (χ1) is 13.2. The average Bonchev–Trinajstić information content (AvgIpc) is 2.66. The molecule has 0 fully saturated rings. The number of hydrogen-bond donors (Lipinski definition) is 1. The van der Waals surface area contributed by atoms with Crippen molar-refractivity contribution in [3.63, 3.8) is 0 Å². The van der Waals surface area contributed by atoms with E-state index in [4.69, 9.17) is 0 Å².